The maximum Gasteiger partial charge on any atom is 0.326 e. The van der Waals surface area contributed by atoms with Gasteiger partial charge in [-0.15, -0.1) is 0 Å². The molecule has 9 heteroatoms. The molecule has 4 rings (SSSR count). The van der Waals surface area contributed by atoms with Crippen LogP contribution in [0.4, 0.5) is 5.82 Å². The Kier molecular flexibility index (Phi) is 8.43. The highest BCUT2D eigenvalue weighted by Gasteiger charge is 2.24. The van der Waals surface area contributed by atoms with E-state index in [1.54, 1.807) is 43.6 Å². The first-order chi connectivity index (χ1) is 18.2. The van der Waals surface area contributed by atoms with Gasteiger partial charge in [-0.05, 0) is 78.9 Å². The number of halogens is 1. The molecule has 4 aromatic rings. The van der Waals surface area contributed by atoms with Crippen molar-refractivity contribution in [3.05, 3.63) is 99.5 Å². The Morgan fingerprint density at radius 1 is 1.11 bits per heavy atom. The summed E-state index contributed by atoms with van der Waals surface area (Å²) in [5.74, 6) is -0.322. The lowest BCUT2D eigenvalue weighted by Gasteiger charge is -2.18. The summed E-state index contributed by atoms with van der Waals surface area (Å²) in [7, 11) is 0. The van der Waals surface area contributed by atoms with E-state index in [2.05, 4.69) is 20.6 Å². The van der Waals surface area contributed by atoms with Crippen LogP contribution in [0.3, 0.4) is 0 Å². The zero-order valence-electron chi connectivity index (χ0n) is 21.4. The minimum absolute atomic E-state index is 0.125. The van der Waals surface area contributed by atoms with Crippen molar-refractivity contribution in [1.29, 1.82) is 0 Å². The first-order valence-corrected chi connectivity index (χ1v) is 12.6. The molecule has 0 aliphatic heterocycles. The number of aliphatic carboxylic acids is 1. The second kappa shape index (κ2) is 11.9. The van der Waals surface area contributed by atoms with E-state index < -0.39 is 17.9 Å². The Morgan fingerprint density at radius 2 is 1.87 bits per heavy atom. The molecule has 0 saturated carbocycles. The fraction of sp³-hybridized carbons (Fsp3) is 0.241. The molecule has 1 amide bonds. The first-order valence-electron chi connectivity index (χ1n) is 12.3. The van der Waals surface area contributed by atoms with Crippen LogP contribution in [0.25, 0.3) is 11.5 Å². The quantitative estimate of drug-likeness (QED) is 0.243. The first kappa shape index (κ1) is 26.9. The van der Waals surface area contributed by atoms with Gasteiger partial charge in [0.25, 0.3) is 5.91 Å². The summed E-state index contributed by atoms with van der Waals surface area (Å²) < 4.78 is 5.63. The molecule has 0 fully saturated rings. The molecule has 3 N–H and O–H groups in total. The van der Waals surface area contributed by atoms with Crippen molar-refractivity contribution >= 4 is 29.3 Å². The molecule has 0 bridgehead atoms. The largest absolute Gasteiger partial charge is 0.480 e. The van der Waals surface area contributed by atoms with Gasteiger partial charge in [-0.2, -0.15) is 0 Å². The number of rotatable bonds is 10. The second-order valence-corrected chi connectivity index (χ2v) is 9.53. The minimum Gasteiger partial charge on any atom is -0.480 e. The average Bonchev–Trinajstić information content (AvgIpc) is 3.36. The number of carboxylic acid groups (broad SMARTS) is 1. The summed E-state index contributed by atoms with van der Waals surface area (Å²) in [6, 6.07) is 13.5. The predicted molar refractivity (Wildman–Crippen MR) is 146 cm³/mol. The van der Waals surface area contributed by atoms with Crippen LogP contribution in [-0.4, -0.2) is 33.0 Å². The molecule has 0 radical (unpaired) electrons. The van der Waals surface area contributed by atoms with Crippen molar-refractivity contribution < 1.29 is 19.1 Å². The molecule has 2 heterocycles. The van der Waals surface area contributed by atoms with Crippen LogP contribution in [-0.2, 0) is 24.2 Å². The number of hydrogen-bond donors (Lipinski definition) is 3. The van der Waals surface area contributed by atoms with Crippen molar-refractivity contribution in [3.63, 3.8) is 0 Å². The second-order valence-electron chi connectivity index (χ2n) is 9.09. The van der Waals surface area contributed by atoms with E-state index in [0.717, 1.165) is 33.8 Å². The van der Waals surface area contributed by atoms with Gasteiger partial charge in [-0.3, -0.25) is 4.79 Å². The van der Waals surface area contributed by atoms with Gasteiger partial charge in [-0.1, -0.05) is 30.7 Å². The zero-order chi connectivity index (χ0) is 27.2. The van der Waals surface area contributed by atoms with Gasteiger partial charge >= 0.3 is 5.97 Å². The standard InChI is InChI=1S/C29H29ClN4O4/c1-4-20-14-22(30)12-18(3)26(20)27(35)34-24(29(36)37)13-19-5-7-21(8-6-19)28-33-23(16-38-28)15-32-25-11-17(2)9-10-31-25/h5-12,14,16,24H,4,13,15H2,1-3H3,(H,31,32)(H,34,35)(H,36,37). The smallest absolute Gasteiger partial charge is 0.326 e. The summed E-state index contributed by atoms with van der Waals surface area (Å²) in [6.45, 7) is 6.18. The lowest BCUT2D eigenvalue weighted by molar-refractivity contribution is -0.139. The molecule has 1 atom stereocenters. The average molecular weight is 533 g/mol. The molecule has 8 nitrogen and oxygen atoms in total. The molecular formula is C29H29ClN4O4. The molecular weight excluding hydrogens is 504 g/mol. The molecule has 1 unspecified atom stereocenters. The topological polar surface area (TPSA) is 117 Å². The monoisotopic (exact) mass is 532 g/mol. The maximum absolute atomic E-state index is 13.0. The Balaban J connectivity index is 1.41. The van der Waals surface area contributed by atoms with Crippen molar-refractivity contribution in [3.8, 4) is 11.5 Å². The molecule has 2 aromatic carbocycles. The van der Waals surface area contributed by atoms with Gasteiger partial charge in [0.15, 0.2) is 0 Å². The van der Waals surface area contributed by atoms with E-state index in [0.29, 0.717) is 35.0 Å². The Labute approximate surface area is 226 Å². The van der Waals surface area contributed by atoms with E-state index >= 15 is 0 Å². The molecule has 0 aliphatic carbocycles. The van der Waals surface area contributed by atoms with E-state index in [-0.39, 0.29) is 6.42 Å². The van der Waals surface area contributed by atoms with Gasteiger partial charge in [0.1, 0.15) is 18.1 Å². The van der Waals surface area contributed by atoms with E-state index in [1.165, 1.54) is 0 Å². The highest BCUT2D eigenvalue weighted by Crippen LogP contribution is 2.23. The SMILES string of the molecule is CCc1cc(Cl)cc(C)c1C(=O)NC(Cc1ccc(-c2nc(CNc3cc(C)ccn3)co2)cc1)C(=O)O. The van der Waals surface area contributed by atoms with Crippen molar-refractivity contribution in [1.82, 2.24) is 15.3 Å². The normalized spacial score (nSPS) is 11.7. The van der Waals surface area contributed by atoms with Crippen LogP contribution in [0, 0.1) is 13.8 Å². The third-order valence-electron chi connectivity index (χ3n) is 6.15. The number of aromatic nitrogens is 2. The summed E-state index contributed by atoms with van der Waals surface area (Å²) >= 11 is 6.13. The zero-order valence-corrected chi connectivity index (χ0v) is 22.2. The Bertz CT molecular complexity index is 1450. The molecule has 0 saturated heterocycles. The van der Waals surface area contributed by atoms with Crippen LogP contribution in [0.2, 0.25) is 5.02 Å². The number of aryl methyl sites for hydroxylation is 3. The number of nitrogens with zero attached hydrogens (tertiary/aromatic N) is 2. The van der Waals surface area contributed by atoms with Gasteiger partial charge in [0, 0.05) is 28.8 Å². The van der Waals surface area contributed by atoms with E-state index in [9.17, 15) is 14.7 Å². The molecule has 0 aliphatic rings. The van der Waals surface area contributed by atoms with Crippen LogP contribution >= 0.6 is 11.6 Å². The molecule has 196 valence electrons. The minimum atomic E-state index is -1.11. The van der Waals surface area contributed by atoms with Gasteiger partial charge in [-0.25, -0.2) is 14.8 Å². The highest BCUT2D eigenvalue weighted by molar-refractivity contribution is 6.30. The number of carboxylic acids is 1. The summed E-state index contributed by atoms with van der Waals surface area (Å²) in [5.41, 5.74) is 5.29. The summed E-state index contributed by atoms with van der Waals surface area (Å²) in [5, 5.41) is 16.2. The predicted octanol–water partition coefficient (Wildman–Crippen LogP) is 5.61. The number of carbonyl (C=O) groups excluding carboxylic acids is 1. The fourth-order valence-electron chi connectivity index (χ4n) is 4.20. The third kappa shape index (κ3) is 6.58. The highest BCUT2D eigenvalue weighted by atomic mass is 35.5. The third-order valence-corrected chi connectivity index (χ3v) is 6.37. The fourth-order valence-corrected chi connectivity index (χ4v) is 4.50. The van der Waals surface area contributed by atoms with Crippen LogP contribution < -0.4 is 10.6 Å². The summed E-state index contributed by atoms with van der Waals surface area (Å²) in [6.07, 6.45) is 4.06. The number of pyridine rings is 1. The molecule has 38 heavy (non-hydrogen) atoms. The van der Waals surface area contributed by atoms with Crippen molar-refractivity contribution in [2.45, 2.75) is 46.2 Å². The number of benzene rings is 2. The van der Waals surface area contributed by atoms with Crippen LogP contribution in [0.1, 0.15) is 45.2 Å². The summed E-state index contributed by atoms with van der Waals surface area (Å²) in [4.78, 5) is 33.8. The maximum atomic E-state index is 13.0. The van der Waals surface area contributed by atoms with Crippen LogP contribution in [0.5, 0.6) is 0 Å². The number of carbonyl (C=O) groups is 2. The van der Waals surface area contributed by atoms with Crippen molar-refractivity contribution in [2.75, 3.05) is 5.32 Å². The number of nitrogens with one attached hydrogen (secondary N) is 2. The van der Waals surface area contributed by atoms with E-state index in [1.807, 2.05) is 38.1 Å². The molecule has 2 aromatic heterocycles. The van der Waals surface area contributed by atoms with Crippen LogP contribution in [0.15, 0.2) is 65.4 Å². The Hall–Kier alpha value is -4.17. The van der Waals surface area contributed by atoms with Gasteiger partial charge in [0.05, 0.1) is 12.2 Å². The number of oxazole rings is 1. The van der Waals surface area contributed by atoms with Crippen molar-refractivity contribution in [2.24, 2.45) is 0 Å². The number of hydrogen-bond acceptors (Lipinski definition) is 6. The van der Waals surface area contributed by atoms with Gasteiger partial charge < -0.3 is 20.2 Å². The number of amides is 1. The van der Waals surface area contributed by atoms with Gasteiger partial charge in [0.2, 0.25) is 5.89 Å². The lowest BCUT2D eigenvalue weighted by Crippen LogP contribution is -2.42. The lowest BCUT2D eigenvalue weighted by atomic mass is 9.98. The number of anilines is 1. The Morgan fingerprint density at radius 3 is 2.55 bits per heavy atom. The molecule has 0 spiro atoms. The van der Waals surface area contributed by atoms with E-state index in [4.69, 9.17) is 16.0 Å².